The summed E-state index contributed by atoms with van der Waals surface area (Å²) >= 11 is 6.61. The molecule has 9 heteroatoms. The van der Waals surface area contributed by atoms with Crippen LogP contribution in [0.3, 0.4) is 0 Å². The van der Waals surface area contributed by atoms with Gasteiger partial charge < -0.3 is 15.3 Å². The number of thiazole rings is 1. The fourth-order valence-corrected chi connectivity index (χ4v) is 1.41. The standard InChI is InChI=1S/C7H8ClN3O2S.CH2O2/c1-13-9-3-5-4-14-7(10-5)11-6(12)2-8;2-1-3/h3-4H,2H2,1H3,(H,10,11,12);1H,(H,2,3)/b9-3+;. The first-order chi connectivity index (χ1) is 8.17. The van der Waals surface area contributed by atoms with E-state index in [1.165, 1.54) is 24.7 Å². The highest BCUT2D eigenvalue weighted by molar-refractivity contribution is 7.14. The predicted molar refractivity (Wildman–Crippen MR) is 64.8 cm³/mol. The number of oxime groups is 1. The molecule has 0 unspecified atom stereocenters. The summed E-state index contributed by atoms with van der Waals surface area (Å²) in [5.74, 6) is -0.364. The summed E-state index contributed by atoms with van der Waals surface area (Å²) < 4.78 is 0. The van der Waals surface area contributed by atoms with Gasteiger partial charge >= 0.3 is 0 Å². The number of nitrogens with zero attached hydrogens (tertiary/aromatic N) is 2. The second kappa shape index (κ2) is 9.55. The predicted octanol–water partition coefficient (Wildman–Crippen LogP) is 1.00. The third-order valence-corrected chi connectivity index (χ3v) is 2.20. The van der Waals surface area contributed by atoms with Crippen molar-refractivity contribution in [1.82, 2.24) is 4.98 Å². The molecule has 1 rings (SSSR count). The summed E-state index contributed by atoms with van der Waals surface area (Å²) in [6.07, 6.45) is 1.45. The highest BCUT2D eigenvalue weighted by atomic mass is 35.5. The van der Waals surface area contributed by atoms with E-state index < -0.39 is 0 Å². The van der Waals surface area contributed by atoms with Crippen molar-refractivity contribution in [1.29, 1.82) is 0 Å². The van der Waals surface area contributed by atoms with Crippen molar-refractivity contribution in [2.24, 2.45) is 5.16 Å². The average Bonchev–Trinajstić information content (AvgIpc) is 2.75. The van der Waals surface area contributed by atoms with Gasteiger partial charge in [0.25, 0.3) is 6.47 Å². The number of aromatic nitrogens is 1. The van der Waals surface area contributed by atoms with Crippen LogP contribution in [0.1, 0.15) is 5.69 Å². The first-order valence-corrected chi connectivity index (χ1v) is 5.55. The molecule has 0 bridgehead atoms. The van der Waals surface area contributed by atoms with Gasteiger partial charge in [-0.05, 0) is 0 Å². The molecule has 0 aliphatic heterocycles. The maximum Gasteiger partial charge on any atom is 0.290 e. The third kappa shape index (κ3) is 7.25. The van der Waals surface area contributed by atoms with Crippen molar-refractivity contribution < 1.29 is 19.5 Å². The van der Waals surface area contributed by atoms with Crippen LogP contribution >= 0.6 is 22.9 Å². The van der Waals surface area contributed by atoms with Crippen LogP contribution in [-0.4, -0.2) is 41.7 Å². The molecule has 2 N–H and O–H groups in total. The summed E-state index contributed by atoms with van der Waals surface area (Å²) in [6.45, 7) is -0.250. The monoisotopic (exact) mass is 279 g/mol. The number of rotatable bonds is 4. The van der Waals surface area contributed by atoms with E-state index in [4.69, 9.17) is 21.5 Å². The molecule has 0 atom stereocenters. The largest absolute Gasteiger partial charge is 0.483 e. The number of carbonyl (C=O) groups is 2. The van der Waals surface area contributed by atoms with Crippen LogP contribution in [0.4, 0.5) is 5.13 Å². The molecule has 0 fully saturated rings. The molecule has 0 aliphatic carbocycles. The van der Waals surface area contributed by atoms with Crippen LogP contribution in [0.15, 0.2) is 10.5 Å². The Labute approximate surface area is 106 Å². The molecule has 1 aromatic heterocycles. The molecule has 0 aromatic carbocycles. The number of halogens is 1. The van der Waals surface area contributed by atoms with E-state index in [1.807, 2.05) is 0 Å². The van der Waals surface area contributed by atoms with Gasteiger partial charge in [0.15, 0.2) is 5.13 Å². The maximum absolute atomic E-state index is 10.9. The quantitative estimate of drug-likeness (QED) is 0.371. The molecule has 0 saturated heterocycles. The molecule has 17 heavy (non-hydrogen) atoms. The topological polar surface area (TPSA) is 101 Å². The first kappa shape index (κ1) is 15.3. The summed E-state index contributed by atoms with van der Waals surface area (Å²) in [5, 5.41) is 15.2. The number of carbonyl (C=O) groups excluding carboxylic acids is 1. The SMILES string of the molecule is CO/N=C/c1csc(NC(=O)CCl)n1.O=CO. The number of carboxylic acid groups (broad SMARTS) is 1. The fourth-order valence-electron chi connectivity index (χ4n) is 0.662. The van der Waals surface area contributed by atoms with Gasteiger partial charge in [-0.25, -0.2) is 4.98 Å². The van der Waals surface area contributed by atoms with Crippen LogP contribution in [0.5, 0.6) is 0 Å². The van der Waals surface area contributed by atoms with E-state index in [1.54, 1.807) is 5.38 Å². The first-order valence-electron chi connectivity index (χ1n) is 4.13. The lowest BCUT2D eigenvalue weighted by atomic mass is 10.5. The Bertz CT molecular complexity index is 383. The van der Waals surface area contributed by atoms with Crippen LogP contribution in [0, 0.1) is 0 Å². The minimum atomic E-state index is -0.281. The zero-order valence-electron chi connectivity index (χ0n) is 8.79. The second-order valence-electron chi connectivity index (χ2n) is 2.28. The van der Waals surface area contributed by atoms with Crippen molar-refractivity contribution in [2.75, 3.05) is 18.3 Å². The van der Waals surface area contributed by atoms with Crippen LogP contribution < -0.4 is 5.32 Å². The molecule has 0 spiro atoms. The lowest BCUT2D eigenvalue weighted by Crippen LogP contribution is -2.12. The zero-order valence-corrected chi connectivity index (χ0v) is 10.4. The van der Waals surface area contributed by atoms with Gasteiger partial charge in [-0.1, -0.05) is 5.16 Å². The van der Waals surface area contributed by atoms with E-state index in [9.17, 15) is 4.79 Å². The minimum absolute atomic E-state index is 0.0823. The molecule has 0 saturated carbocycles. The van der Waals surface area contributed by atoms with Gasteiger partial charge in [-0.2, -0.15) is 0 Å². The Morgan fingerprint density at radius 1 is 1.82 bits per heavy atom. The number of nitrogens with one attached hydrogen (secondary N) is 1. The van der Waals surface area contributed by atoms with Gasteiger partial charge in [0.2, 0.25) is 5.91 Å². The molecule has 1 aromatic rings. The van der Waals surface area contributed by atoms with E-state index >= 15 is 0 Å². The minimum Gasteiger partial charge on any atom is -0.483 e. The molecule has 0 aliphatic rings. The van der Waals surface area contributed by atoms with Gasteiger partial charge in [-0.3, -0.25) is 9.59 Å². The molecule has 7 nitrogen and oxygen atoms in total. The lowest BCUT2D eigenvalue weighted by Gasteiger charge is -1.94. The Hall–Kier alpha value is -1.67. The fraction of sp³-hybridized carbons (Fsp3) is 0.250. The number of alkyl halides is 1. The van der Waals surface area contributed by atoms with E-state index in [0.717, 1.165) is 0 Å². The molecular formula is C8H10ClN3O4S. The number of amides is 1. The Kier molecular flexibility index (Phi) is 8.61. The van der Waals surface area contributed by atoms with Crippen molar-refractivity contribution in [3.63, 3.8) is 0 Å². The van der Waals surface area contributed by atoms with E-state index in [2.05, 4.69) is 20.3 Å². The molecule has 1 heterocycles. The highest BCUT2D eigenvalue weighted by Crippen LogP contribution is 2.13. The van der Waals surface area contributed by atoms with Gasteiger partial charge in [0.1, 0.15) is 13.0 Å². The Balaban J connectivity index is 0.000000770. The second-order valence-corrected chi connectivity index (χ2v) is 3.41. The molecule has 1 amide bonds. The van der Waals surface area contributed by atoms with Crippen molar-refractivity contribution in [2.45, 2.75) is 0 Å². The van der Waals surface area contributed by atoms with E-state index in [0.29, 0.717) is 10.8 Å². The van der Waals surface area contributed by atoms with Gasteiger partial charge in [0.05, 0.1) is 11.9 Å². The normalized spacial score (nSPS) is 9.29. The van der Waals surface area contributed by atoms with Crippen molar-refractivity contribution in [3.05, 3.63) is 11.1 Å². The van der Waals surface area contributed by atoms with Crippen LogP contribution in [0.25, 0.3) is 0 Å². The van der Waals surface area contributed by atoms with Crippen molar-refractivity contribution in [3.8, 4) is 0 Å². The Morgan fingerprint density at radius 3 is 3.00 bits per heavy atom. The smallest absolute Gasteiger partial charge is 0.290 e. The summed E-state index contributed by atoms with van der Waals surface area (Å²) in [4.78, 5) is 27.7. The van der Waals surface area contributed by atoms with E-state index in [-0.39, 0.29) is 18.3 Å². The number of hydrogen-bond acceptors (Lipinski definition) is 6. The third-order valence-electron chi connectivity index (χ3n) is 1.18. The number of anilines is 1. The molecular weight excluding hydrogens is 270 g/mol. The summed E-state index contributed by atoms with van der Waals surface area (Å²) in [5.41, 5.74) is 0.627. The van der Waals surface area contributed by atoms with Crippen LogP contribution in [0.2, 0.25) is 0 Å². The Morgan fingerprint density at radius 2 is 2.47 bits per heavy atom. The summed E-state index contributed by atoms with van der Waals surface area (Å²) in [6, 6.07) is 0. The molecule has 0 radical (unpaired) electrons. The molecule has 94 valence electrons. The summed E-state index contributed by atoms with van der Waals surface area (Å²) in [7, 11) is 1.44. The lowest BCUT2D eigenvalue weighted by molar-refractivity contribution is -0.122. The van der Waals surface area contributed by atoms with Gasteiger partial charge in [0, 0.05) is 5.38 Å². The van der Waals surface area contributed by atoms with Crippen LogP contribution in [-0.2, 0) is 14.4 Å². The zero-order chi connectivity index (χ0) is 13.1. The van der Waals surface area contributed by atoms with Gasteiger partial charge in [-0.15, -0.1) is 22.9 Å². The number of hydrogen-bond donors (Lipinski definition) is 2. The van der Waals surface area contributed by atoms with Crippen molar-refractivity contribution >= 4 is 46.7 Å². The maximum atomic E-state index is 10.9. The average molecular weight is 280 g/mol. The highest BCUT2D eigenvalue weighted by Gasteiger charge is 2.03.